The molecule has 0 radical (unpaired) electrons. The standard InChI is InChI=1S/C15H21F2NO2/c1-3-15(2,18-6-8-20-9-7-18)14(19)12-5-4-11(16)10-13(12)17/h4-5,10,14,19H,3,6-9H2,1-2H3. The molecule has 1 heterocycles. The largest absolute Gasteiger partial charge is 0.386 e. The van der Waals surface area contributed by atoms with Gasteiger partial charge in [0.05, 0.1) is 19.3 Å². The van der Waals surface area contributed by atoms with Gasteiger partial charge in [0, 0.05) is 30.3 Å². The van der Waals surface area contributed by atoms with Gasteiger partial charge in [-0.05, 0) is 19.4 Å². The van der Waals surface area contributed by atoms with E-state index in [2.05, 4.69) is 4.90 Å². The first-order chi connectivity index (χ1) is 9.49. The van der Waals surface area contributed by atoms with Crippen LogP contribution in [-0.4, -0.2) is 41.8 Å². The van der Waals surface area contributed by atoms with Crippen LogP contribution >= 0.6 is 0 Å². The van der Waals surface area contributed by atoms with Gasteiger partial charge in [-0.3, -0.25) is 4.90 Å². The molecular weight excluding hydrogens is 264 g/mol. The minimum Gasteiger partial charge on any atom is -0.386 e. The number of hydrogen-bond acceptors (Lipinski definition) is 3. The summed E-state index contributed by atoms with van der Waals surface area (Å²) in [6.45, 7) is 6.47. The number of benzene rings is 1. The van der Waals surface area contributed by atoms with Crippen LogP contribution in [0.2, 0.25) is 0 Å². The van der Waals surface area contributed by atoms with Crippen molar-refractivity contribution in [3.8, 4) is 0 Å². The van der Waals surface area contributed by atoms with Gasteiger partial charge in [0.1, 0.15) is 11.6 Å². The number of halogens is 2. The predicted octanol–water partition coefficient (Wildman–Crippen LogP) is 2.50. The highest BCUT2D eigenvalue weighted by Crippen LogP contribution is 2.35. The fraction of sp³-hybridized carbons (Fsp3) is 0.600. The van der Waals surface area contributed by atoms with Gasteiger partial charge in [0.25, 0.3) is 0 Å². The first-order valence-electron chi connectivity index (χ1n) is 6.95. The second-order valence-electron chi connectivity index (χ2n) is 5.38. The quantitative estimate of drug-likeness (QED) is 0.922. The maximum atomic E-state index is 13.9. The van der Waals surface area contributed by atoms with Crippen molar-refractivity contribution in [1.29, 1.82) is 0 Å². The van der Waals surface area contributed by atoms with Crippen LogP contribution in [0.15, 0.2) is 18.2 Å². The molecule has 0 aliphatic carbocycles. The first-order valence-corrected chi connectivity index (χ1v) is 6.95. The monoisotopic (exact) mass is 285 g/mol. The molecule has 0 saturated carbocycles. The average molecular weight is 285 g/mol. The Bertz CT molecular complexity index is 463. The molecule has 0 amide bonds. The maximum Gasteiger partial charge on any atom is 0.131 e. The number of aliphatic hydroxyl groups excluding tert-OH is 1. The molecule has 20 heavy (non-hydrogen) atoms. The molecule has 1 saturated heterocycles. The summed E-state index contributed by atoms with van der Waals surface area (Å²) in [4.78, 5) is 2.12. The number of rotatable bonds is 4. The molecule has 0 spiro atoms. The van der Waals surface area contributed by atoms with E-state index in [1.807, 2.05) is 13.8 Å². The third-order valence-corrected chi connectivity index (χ3v) is 4.30. The lowest BCUT2D eigenvalue weighted by molar-refractivity contribution is -0.0743. The highest BCUT2D eigenvalue weighted by atomic mass is 19.1. The van der Waals surface area contributed by atoms with Crippen molar-refractivity contribution < 1.29 is 18.6 Å². The van der Waals surface area contributed by atoms with Crippen molar-refractivity contribution in [2.75, 3.05) is 26.3 Å². The molecule has 5 heteroatoms. The zero-order valence-electron chi connectivity index (χ0n) is 11.9. The maximum absolute atomic E-state index is 13.9. The summed E-state index contributed by atoms with van der Waals surface area (Å²) in [5, 5.41) is 10.6. The van der Waals surface area contributed by atoms with Crippen LogP contribution < -0.4 is 0 Å². The van der Waals surface area contributed by atoms with Crippen molar-refractivity contribution >= 4 is 0 Å². The normalized spacial score (nSPS) is 21.4. The van der Waals surface area contributed by atoms with Gasteiger partial charge in [-0.2, -0.15) is 0 Å². The fourth-order valence-corrected chi connectivity index (χ4v) is 2.72. The zero-order valence-corrected chi connectivity index (χ0v) is 11.9. The Labute approximate surface area is 118 Å². The smallest absolute Gasteiger partial charge is 0.131 e. The number of ether oxygens (including phenoxy) is 1. The molecule has 3 nitrogen and oxygen atoms in total. The molecule has 2 unspecified atom stereocenters. The molecule has 0 bridgehead atoms. The van der Waals surface area contributed by atoms with Gasteiger partial charge in [-0.25, -0.2) is 8.78 Å². The minimum atomic E-state index is -1.01. The Hall–Kier alpha value is -1.04. The predicted molar refractivity (Wildman–Crippen MR) is 72.4 cm³/mol. The second-order valence-corrected chi connectivity index (χ2v) is 5.38. The van der Waals surface area contributed by atoms with Gasteiger partial charge in [-0.1, -0.05) is 13.0 Å². The van der Waals surface area contributed by atoms with Crippen molar-refractivity contribution in [3.63, 3.8) is 0 Å². The van der Waals surface area contributed by atoms with Gasteiger partial charge >= 0.3 is 0 Å². The van der Waals surface area contributed by atoms with Gasteiger partial charge in [-0.15, -0.1) is 0 Å². The van der Waals surface area contributed by atoms with Crippen LogP contribution in [0.5, 0.6) is 0 Å². The van der Waals surface area contributed by atoms with E-state index < -0.39 is 23.3 Å². The molecule has 0 aromatic heterocycles. The van der Waals surface area contributed by atoms with Crippen LogP contribution in [0.3, 0.4) is 0 Å². The molecule has 1 aliphatic heterocycles. The molecule has 2 rings (SSSR count). The van der Waals surface area contributed by atoms with E-state index in [1.54, 1.807) is 0 Å². The van der Waals surface area contributed by atoms with Crippen LogP contribution in [0.4, 0.5) is 8.78 Å². The molecular formula is C15H21F2NO2. The van der Waals surface area contributed by atoms with E-state index in [9.17, 15) is 13.9 Å². The van der Waals surface area contributed by atoms with Crippen LogP contribution in [0.25, 0.3) is 0 Å². The van der Waals surface area contributed by atoms with E-state index >= 15 is 0 Å². The van der Waals surface area contributed by atoms with Crippen LogP contribution in [0.1, 0.15) is 31.9 Å². The highest BCUT2D eigenvalue weighted by molar-refractivity contribution is 5.24. The van der Waals surface area contributed by atoms with Crippen molar-refractivity contribution in [2.24, 2.45) is 0 Å². The van der Waals surface area contributed by atoms with Crippen molar-refractivity contribution in [2.45, 2.75) is 31.9 Å². The molecule has 1 aliphatic rings. The third kappa shape index (κ3) is 2.85. The molecule has 1 aromatic rings. The Morgan fingerprint density at radius 1 is 1.35 bits per heavy atom. The highest BCUT2D eigenvalue weighted by Gasteiger charge is 2.39. The van der Waals surface area contributed by atoms with E-state index in [0.717, 1.165) is 6.07 Å². The Morgan fingerprint density at radius 2 is 2.00 bits per heavy atom. The number of nitrogens with zero attached hydrogens (tertiary/aromatic N) is 1. The third-order valence-electron chi connectivity index (χ3n) is 4.30. The van der Waals surface area contributed by atoms with Gasteiger partial charge in [0.15, 0.2) is 0 Å². The minimum absolute atomic E-state index is 0.141. The number of hydrogen-bond donors (Lipinski definition) is 1. The lowest BCUT2D eigenvalue weighted by Gasteiger charge is -2.46. The molecule has 1 fully saturated rings. The fourth-order valence-electron chi connectivity index (χ4n) is 2.72. The van der Waals surface area contributed by atoms with Gasteiger partial charge in [0.2, 0.25) is 0 Å². The lowest BCUT2D eigenvalue weighted by atomic mass is 9.84. The summed E-state index contributed by atoms with van der Waals surface area (Å²) < 4.78 is 32.2. The summed E-state index contributed by atoms with van der Waals surface area (Å²) in [7, 11) is 0. The van der Waals surface area contributed by atoms with Crippen molar-refractivity contribution in [1.82, 2.24) is 4.90 Å². The van der Waals surface area contributed by atoms with Crippen LogP contribution in [-0.2, 0) is 4.74 Å². The SMILES string of the molecule is CCC(C)(C(O)c1ccc(F)cc1F)N1CCOCC1. The van der Waals surface area contributed by atoms with Crippen molar-refractivity contribution in [3.05, 3.63) is 35.4 Å². The second kappa shape index (κ2) is 6.16. The summed E-state index contributed by atoms with van der Waals surface area (Å²) in [6.07, 6.45) is -0.350. The van der Waals surface area contributed by atoms with Gasteiger partial charge < -0.3 is 9.84 Å². The number of aliphatic hydroxyl groups is 1. The lowest BCUT2D eigenvalue weighted by Crippen LogP contribution is -2.54. The summed E-state index contributed by atoms with van der Waals surface area (Å²) in [5.74, 6) is -1.34. The van der Waals surface area contributed by atoms with E-state index in [1.165, 1.54) is 12.1 Å². The molecule has 112 valence electrons. The van der Waals surface area contributed by atoms with Crippen LogP contribution in [0, 0.1) is 11.6 Å². The average Bonchev–Trinajstić information content (AvgIpc) is 2.46. The Balaban J connectivity index is 2.29. The number of morpholine rings is 1. The van der Waals surface area contributed by atoms with E-state index in [0.29, 0.717) is 32.7 Å². The molecule has 2 atom stereocenters. The van der Waals surface area contributed by atoms with E-state index in [4.69, 9.17) is 4.74 Å². The topological polar surface area (TPSA) is 32.7 Å². The summed E-state index contributed by atoms with van der Waals surface area (Å²) >= 11 is 0. The molecule has 1 aromatic carbocycles. The first kappa shape index (κ1) is 15.4. The summed E-state index contributed by atoms with van der Waals surface area (Å²) in [5.41, 5.74) is -0.454. The zero-order chi connectivity index (χ0) is 14.8. The Kier molecular flexibility index (Phi) is 4.73. The summed E-state index contributed by atoms with van der Waals surface area (Å²) in [6, 6.07) is 3.31. The van der Waals surface area contributed by atoms with E-state index in [-0.39, 0.29) is 5.56 Å². The Morgan fingerprint density at radius 3 is 2.55 bits per heavy atom. The molecule has 1 N–H and O–H groups in total.